The zero-order valence-corrected chi connectivity index (χ0v) is 21.0. The van der Waals surface area contributed by atoms with Crippen molar-refractivity contribution in [2.24, 2.45) is 10.8 Å². The summed E-state index contributed by atoms with van der Waals surface area (Å²) in [7, 11) is 0. The van der Waals surface area contributed by atoms with Crippen LogP contribution in [0, 0.1) is 13.8 Å². The Labute approximate surface area is 214 Å². The fourth-order valence-corrected chi connectivity index (χ4v) is 5.63. The molecule has 2 N–H and O–H groups in total. The minimum Gasteiger partial charge on any atom is -0.366 e. The summed E-state index contributed by atoms with van der Waals surface area (Å²) in [6.07, 6.45) is 0.618. The lowest BCUT2D eigenvalue weighted by molar-refractivity contribution is -0.130. The highest BCUT2D eigenvalue weighted by Crippen LogP contribution is 2.34. The summed E-state index contributed by atoms with van der Waals surface area (Å²) in [5.74, 6) is -0.607. The second-order valence-electron chi connectivity index (χ2n) is 8.89. The maximum atomic E-state index is 13.5. The van der Waals surface area contributed by atoms with Gasteiger partial charge in [0.05, 0.1) is 23.1 Å². The van der Waals surface area contributed by atoms with Crippen molar-refractivity contribution in [2.45, 2.75) is 31.3 Å². The molecule has 1 aliphatic rings. The average molecular weight is 495 g/mol. The molecule has 0 saturated carbocycles. The number of hydrazone groups is 1. The van der Waals surface area contributed by atoms with Crippen molar-refractivity contribution in [2.75, 3.05) is 5.75 Å². The predicted octanol–water partition coefficient (Wildman–Crippen LogP) is 5.42. The normalized spacial score (nSPS) is 15.2. The lowest BCUT2D eigenvalue weighted by atomic mass is 9.97. The van der Waals surface area contributed by atoms with E-state index < -0.39 is 5.91 Å². The molecule has 5 rings (SSSR count). The third kappa shape index (κ3) is 4.75. The SMILES string of the molecule is Cc1cc(C)c(C(N)=O)c(SCC(=O)N2N=C(c3ccc4ccccc4c3)C[C@H]2c2ccccc2)n1. The molecule has 2 heterocycles. The van der Waals surface area contributed by atoms with Crippen molar-refractivity contribution in [1.29, 1.82) is 0 Å². The Balaban J connectivity index is 1.45. The van der Waals surface area contributed by atoms with E-state index in [1.807, 2.05) is 62.4 Å². The summed E-state index contributed by atoms with van der Waals surface area (Å²) in [4.78, 5) is 30.0. The van der Waals surface area contributed by atoms with Gasteiger partial charge in [-0.2, -0.15) is 5.10 Å². The molecule has 0 aliphatic carbocycles. The van der Waals surface area contributed by atoms with Gasteiger partial charge in [-0.05, 0) is 53.4 Å². The summed E-state index contributed by atoms with van der Waals surface area (Å²) in [5.41, 5.74) is 10.4. The molecule has 2 amide bonds. The van der Waals surface area contributed by atoms with Gasteiger partial charge in [0.25, 0.3) is 11.8 Å². The molecule has 180 valence electrons. The Kier molecular flexibility index (Phi) is 6.57. The second kappa shape index (κ2) is 9.95. The van der Waals surface area contributed by atoms with Crippen LogP contribution in [0.1, 0.15) is 45.2 Å². The first kappa shape index (κ1) is 23.8. The molecule has 0 radical (unpaired) electrons. The number of hydrogen-bond donors (Lipinski definition) is 1. The lowest BCUT2D eigenvalue weighted by Crippen LogP contribution is -2.28. The van der Waals surface area contributed by atoms with Crippen LogP contribution in [-0.2, 0) is 4.79 Å². The molecule has 1 aliphatic heterocycles. The zero-order valence-electron chi connectivity index (χ0n) is 20.1. The number of nitrogens with two attached hydrogens (primary N) is 1. The molecule has 36 heavy (non-hydrogen) atoms. The van der Waals surface area contributed by atoms with Crippen LogP contribution in [0.25, 0.3) is 10.8 Å². The summed E-state index contributed by atoms with van der Waals surface area (Å²) in [6.45, 7) is 3.68. The quantitative estimate of drug-likeness (QED) is 0.363. The van der Waals surface area contributed by atoms with Gasteiger partial charge in [-0.1, -0.05) is 78.5 Å². The van der Waals surface area contributed by atoms with E-state index in [0.29, 0.717) is 17.0 Å². The Morgan fingerprint density at radius 1 is 0.972 bits per heavy atom. The van der Waals surface area contributed by atoms with Crippen molar-refractivity contribution in [1.82, 2.24) is 9.99 Å². The van der Waals surface area contributed by atoms with Crippen molar-refractivity contribution in [3.05, 3.63) is 107 Å². The van der Waals surface area contributed by atoms with Gasteiger partial charge in [-0.3, -0.25) is 9.59 Å². The molecular weight excluding hydrogens is 468 g/mol. The van der Waals surface area contributed by atoms with Crippen LogP contribution in [0.4, 0.5) is 0 Å². The van der Waals surface area contributed by atoms with Crippen molar-refractivity contribution >= 4 is 40.1 Å². The highest BCUT2D eigenvalue weighted by molar-refractivity contribution is 8.00. The van der Waals surface area contributed by atoms with Crippen LogP contribution in [0.2, 0.25) is 0 Å². The first-order valence-corrected chi connectivity index (χ1v) is 12.7. The van der Waals surface area contributed by atoms with Gasteiger partial charge in [0.2, 0.25) is 0 Å². The summed E-state index contributed by atoms with van der Waals surface area (Å²) in [5, 5.41) is 9.16. The number of carbonyl (C=O) groups is 2. The van der Waals surface area contributed by atoms with Gasteiger partial charge in [-0.15, -0.1) is 0 Å². The van der Waals surface area contributed by atoms with E-state index in [9.17, 15) is 9.59 Å². The van der Waals surface area contributed by atoms with Crippen LogP contribution in [0.3, 0.4) is 0 Å². The Morgan fingerprint density at radius 3 is 2.44 bits per heavy atom. The molecule has 4 aromatic rings. The van der Waals surface area contributed by atoms with Gasteiger partial charge in [0.1, 0.15) is 5.03 Å². The number of nitrogens with zero attached hydrogens (tertiary/aromatic N) is 3. The third-order valence-corrected chi connectivity index (χ3v) is 7.28. The van der Waals surface area contributed by atoms with Gasteiger partial charge < -0.3 is 5.73 Å². The average Bonchev–Trinajstić information content (AvgIpc) is 3.32. The Morgan fingerprint density at radius 2 is 1.69 bits per heavy atom. The van der Waals surface area contributed by atoms with Crippen LogP contribution in [0.5, 0.6) is 0 Å². The standard InChI is InChI=1S/C29H26N4O2S/c1-18-14-19(2)31-29(27(18)28(30)35)36-17-26(34)33-25(21-9-4-3-5-10-21)16-24(32-33)23-13-12-20-8-6-7-11-22(20)15-23/h3-15,25H,16-17H2,1-2H3,(H2,30,35)/t25-/m0/s1. The first-order chi connectivity index (χ1) is 17.4. The number of thioether (sulfide) groups is 1. The van der Waals surface area contributed by atoms with Gasteiger partial charge in [0, 0.05) is 12.1 Å². The number of amides is 2. The largest absolute Gasteiger partial charge is 0.366 e. The molecule has 3 aromatic carbocycles. The third-order valence-electron chi connectivity index (χ3n) is 6.32. The fraction of sp³-hybridized carbons (Fsp3) is 0.172. The van der Waals surface area contributed by atoms with E-state index in [1.54, 1.807) is 5.01 Å². The monoisotopic (exact) mass is 494 g/mol. The van der Waals surface area contributed by atoms with Crippen molar-refractivity contribution in [3.63, 3.8) is 0 Å². The number of pyridine rings is 1. The summed E-state index contributed by atoms with van der Waals surface area (Å²) in [6, 6.07) is 26.0. The van der Waals surface area contributed by atoms with Crippen LogP contribution in [-0.4, -0.2) is 33.3 Å². The molecule has 0 bridgehead atoms. The summed E-state index contributed by atoms with van der Waals surface area (Å²) >= 11 is 1.22. The fourth-order valence-electron chi connectivity index (χ4n) is 4.62. The van der Waals surface area contributed by atoms with Gasteiger partial charge in [-0.25, -0.2) is 9.99 Å². The molecule has 0 unspecified atom stereocenters. The van der Waals surface area contributed by atoms with E-state index in [1.165, 1.54) is 11.8 Å². The van der Waals surface area contributed by atoms with E-state index in [0.717, 1.165) is 38.9 Å². The molecule has 0 fully saturated rings. The smallest absolute Gasteiger partial charge is 0.253 e. The number of primary amides is 1. The maximum absolute atomic E-state index is 13.5. The highest BCUT2D eigenvalue weighted by atomic mass is 32.2. The number of aryl methyl sites for hydroxylation is 2. The topological polar surface area (TPSA) is 88.7 Å². The van der Waals surface area contributed by atoms with Crippen molar-refractivity contribution in [3.8, 4) is 0 Å². The number of hydrogen-bond acceptors (Lipinski definition) is 5. The number of carbonyl (C=O) groups excluding carboxylic acids is 2. The molecule has 0 spiro atoms. The Hall–Kier alpha value is -3.97. The number of aromatic nitrogens is 1. The van der Waals surface area contributed by atoms with Crippen LogP contribution < -0.4 is 5.73 Å². The minimum absolute atomic E-state index is 0.0913. The molecule has 0 saturated heterocycles. The molecule has 1 aromatic heterocycles. The lowest BCUT2D eigenvalue weighted by Gasteiger charge is -2.22. The Bertz CT molecular complexity index is 1500. The predicted molar refractivity (Wildman–Crippen MR) is 144 cm³/mol. The number of benzene rings is 3. The summed E-state index contributed by atoms with van der Waals surface area (Å²) < 4.78 is 0. The van der Waals surface area contributed by atoms with E-state index in [-0.39, 0.29) is 17.7 Å². The minimum atomic E-state index is -0.546. The number of fused-ring (bicyclic) bond motifs is 1. The molecule has 1 atom stereocenters. The molecule has 6 nitrogen and oxygen atoms in total. The molecule has 7 heteroatoms. The second-order valence-corrected chi connectivity index (χ2v) is 9.86. The first-order valence-electron chi connectivity index (χ1n) is 11.7. The maximum Gasteiger partial charge on any atom is 0.253 e. The highest BCUT2D eigenvalue weighted by Gasteiger charge is 2.33. The van der Waals surface area contributed by atoms with Gasteiger partial charge >= 0.3 is 0 Å². The van der Waals surface area contributed by atoms with E-state index >= 15 is 0 Å². The van der Waals surface area contributed by atoms with E-state index in [2.05, 4.69) is 35.3 Å². The van der Waals surface area contributed by atoms with Crippen LogP contribution >= 0.6 is 11.8 Å². The van der Waals surface area contributed by atoms with Crippen LogP contribution in [0.15, 0.2) is 89.0 Å². The van der Waals surface area contributed by atoms with Crippen molar-refractivity contribution < 1.29 is 9.59 Å². The van der Waals surface area contributed by atoms with E-state index in [4.69, 9.17) is 10.8 Å². The number of rotatable bonds is 6. The zero-order chi connectivity index (χ0) is 25.2. The van der Waals surface area contributed by atoms with Gasteiger partial charge in [0.15, 0.2) is 0 Å². The molecular formula is C29H26N4O2S.